The van der Waals surface area contributed by atoms with Crippen LogP contribution < -0.4 is 5.32 Å². The molecule has 2 aromatic rings. The molecule has 25 heavy (non-hydrogen) atoms. The Hall–Kier alpha value is -2.30. The maximum absolute atomic E-state index is 12.8. The number of hydrogen-bond donors (Lipinski definition) is 1. The minimum absolute atomic E-state index is 0.222. The van der Waals surface area contributed by atoms with Crippen molar-refractivity contribution >= 4 is 46.3 Å². The van der Waals surface area contributed by atoms with Gasteiger partial charge in [0.05, 0.1) is 10.6 Å². The third-order valence-electron chi connectivity index (χ3n) is 4.01. The van der Waals surface area contributed by atoms with E-state index in [1.54, 1.807) is 25.1 Å². The van der Waals surface area contributed by atoms with Crippen LogP contribution in [0.3, 0.4) is 0 Å². The molecule has 1 heterocycles. The SMILES string of the molecule is CCN1C(=O)C(Nc2ccc(C)cc2)=C(c2ccc(Cl)cc2Cl)C1=O. The van der Waals surface area contributed by atoms with Crippen molar-refractivity contribution in [3.8, 4) is 0 Å². The number of anilines is 1. The molecule has 0 fully saturated rings. The van der Waals surface area contributed by atoms with Gasteiger partial charge >= 0.3 is 0 Å². The summed E-state index contributed by atoms with van der Waals surface area (Å²) in [7, 11) is 0. The van der Waals surface area contributed by atoms with E-state index in [2.05, 4.69) is 5.32 Å². The number of aryl methyl sites for hydroxylation is 1. The van der Waals surface area contributed by atoms with Gasteiger partial charge in [-0.05, 0) is 38.1 Å². The summed E-state index contributed by atoms with van der Waals surface area (Å²) >= 11 is 12.2. The van der Waals surface area contributed by atoms with E-state index in [1.807, 2.05) is 31.2 Å². The van der Waals surface area contributed by atoms with Gasteiger partial charge in [-0.15, -0.1) is 0 Å². The Kier molecular flexibility index (Phi) is 4.84. The Labute approximate surface area is 156 Å². The molecule has 0 saturated heterocycles. The molecule has 6 heteroatoms. The predicted octanol–water partition coefficient (Wildman–Crippen LogP) is 4.51. The molecular formula is C19H16Cl2N2O2. The lowest BCUT2D eigenvalue weighted by molar-refractivity contribution is -0.136. The molecule has 0 bridgehead atoms. The maximum Gasteiger partial charge on any atom is 0.278 e. The number of likely N-dealkylation sites (N-methyl/N-ethyl adjacent to an activating group) is 1. The number of hydrogen-bond acceptors (Lipinski definition) is 3. The third-order valence-corrected chi connectivity index (χ3v) is 4.55. The Balaban J connectivity index is 2.12. The zero-order chi connectivity index (χ0) is 18.1. The fourth-order valence-electron chi connectivity index (χ4n) is 2.70. The number of carbonyl (C=O) groups is 2. The molecule has 2 amide bonds. The van der Waals surface area contributed by atoms with Crippen molar-refractivity contribution in [3.05, 3.63) is 69.3 Å². The summed E-state index contributed by atoms with van der Waals surface area (Å²) < 4.78 is 0. The molecule has 4 nitrogen and oxygen atoms in total. The molecule has 1 aliphatic heterocycles. The van der Waals surface area contributed by atoms with E-state index in [-0.39, 0.29) is 29.6 Å². The second-order valence-electron chi connectivity index (χ2n) is 5.72. The summed E-state index contributed by atoms with van der Waals surface area (Å²) in [6.45, 7) is 4.02. The zero-order valence-electron chi connectivity index (χ0n) is 13.8. The topological polar surface area (TPSA) is 49.4 Å². The van der Waals surface area contributed by atoms with Crippen molar-refractivity contribution in [3.63, 3.8) is 0 Å². The molecule has 0 atom stereocenters. The van der Waals surface area contributed by atoms with Gasteiger partial charge in [0.2, 0.25) is 0 Å². The van der Waals surface area contributed by atoms with Crippen LogP contribution in [-0.2, 0) is 9.59 Å². The van der Waals surface area contributed by atoms with Crippen LogP contribution in [0.4, 0.5) is 5.69 Å². The number of amides is 2. The number of nitrogens with one attached hydrogen (secondary N) is 1. The molecule has 1 aliphatic rings. The smallest absolute Gasteiger partial charge is 0.278 e. The second-order valence-corrected chi connectivity index (χ2v) is 6.56. The lowest BCUT2D eigenvalue weighted by Crippen LogP contribution is -2.32. The van der Waals surface area contributed by atoms with E-state index in [0.29, 0.717) is 15.6 Å². The fraction of sp³-hybridized carbons (Fsp3) is 0.158. The molecule has 3 rings (SSSR count). The lowest BCUT2D eigenvalue weighted by atomic mass is 10.0. The lowest BCUT2D eigenvalue weighted by Gasteiger charge is -2.12. The normalized spacial score (nSPS) is 14.5. The van der Waals surface area contributed by atoms with Crippen LogP contribution in [0.2, 0.25) is 10.0 Å². The molecule has 0 aliphatic carbocycles. The number of nitrogens with zero attached hydrogens (tertiary/aromatic N) is 1. The van der Waals surface area contributed by atoms with E-state index in [0.717, 1.165) is 11.3 Å². The summed E-state index contributed by atoms with van der Waals surface area (Å²) in [6.07, 6.45) is 0. The molecule has 0 radical (unpaired) electrons. The highest BCUT2D eigenvalue weighted by atomic mass is 35.5. The summed E-state index contributed by atoms with van der Waals surface area (Å²) in [5, 5.41) is 3.87. The summed E-state index contributed by atoms with van der Waals surface area (Å²) in [6, 6.07) is 12.4. The maximum atomic E-state index is 12.8. The number of carbonyl (C=O) groups excluding carboxylic acids is 2. The van der Waals surface area contributed by atoms with Gasteiger partial charge in [0, 0.05) is 22.8 Å². The fourth-order valence-corrected chi connectivity index (χ4v) is 3.21. The minimum Gasteiger partial charge on any atom is -0.350 e. The number of halogens is 2. The van der Waals surface area contributed by atoms with Crippen molar-refractivity contribution in [1.29, 1.82) is 0 Å². The summed E-state index contributed by atoms with van der Waals surface area (Å²) in [5.41, 5.74) is 2.79. The van der Waals surface area contributed by atoms with Gasteiger partial charge in [0.25, 0.3) is 11.8 Å². The van der Waals surface area contributed by atoms with E-state index >= 15 is 0 Å². The third kappa shape index (κ3) is 3.28. The first-order chi connectivity index (χ1) is 11.9. The zero-order valence-corrected chi connectivity index (χ0v) is 15.3. The first kappa shape index (κ1) is 17.5. The van der Waals surface area contributed by atoms with Gasteiger partial charge in [0.1, 0.15) is 5.70 Å². The van der Waals surface area contributed by atoms with Crippen LogP contribution in [0, 0.1) is 6.92 Å². The molecule has 0 unspecified atom stereocenters. The van der Waals surface area contributed by atoms with E-state index < -0.39 is 0 Å². The molecule has 1 N–H and O–H groups in total. The number of rotatable bonds is 4. The highest BCUT2D eigenvalue weighted by Crippen LogP contribution is 2.35. The largest absolute Gasteiger partial charge is 0.350 e. The van der Waals surface area contributed by atoms with Gasteiger partial charge in [-0.1, -0.05) is 47.0 Å². The van der Waals surface area contributed by atoms with Crippen molar-refractivity contribution in [2.75, 3.05) is 11.9 Å². The molecule has 0 aromatic heterocycles. The summed E-state index contributed by atoms with van der Waals surface area (Å²) in [4.78, 5) is 26.6. The Bertz CT molecular complexity index is 889. The van der Waals surface area contributed by atoms with Crippen LogP contribution in [0.5, 0.6) is 0 Å². The monoisotopic (exact) mass is 374 g/mol. The predicted molar refractivity (Wildman–Crippen MR) is 101 cm³/mol. The quantitative estimate of drug-likeness (QED) is 0.800. The second kappa shape index (κ2) is 6.90. The van der Waals surface area contributed by atoms with Crippen molar-refractivity contribution in [1.82, 2.24) is 4.90 Å². The van der Waals surface area contributed by atoms with Crippen LogP contribution in [0.25, 0.3) is 5.57 Å². The first-order valence-electron chi connectivity index (χ1n) is 7.82. The van der Waals surface area contributed by atoms with Gasteiger partial charge < -0.3 is 5.32 Å². The van der Waals surface area contributed by atoms with Gasteiger partial charge in [0.15, 0.2) is 0 Å². The standard InChI is InChI=1S/C19H16Cl2N2O2/c1-3-23-18(24)16(14-9-6-12(20)10-15(14)21)17(19(23)25)22-13-7-4-11(2)5-8-13/h4-10,22H,3H2,1-2H3. The van der Waals surface area contributed by atoms with Crippen molar-refractivity contribution < 1.29 is 9.59 Å². The average Bonchev–Trinajstić information content (AvgIpc) is 2.80. The van der Waals surface area contributed by atoms with Crippen molar-refractivity contribution in [2.45, 2.75) is 13.8 Å². The van der Waals surface area contributed by atoms with Crippen molar-refractivity contribution in [2.24, 2.45) is 0 Å². The van der Waals surface area contributed by atoms with Gasteiger partial charge in [-0.3, -0.25) is 14.5 Å². The number of benzene rings is 2. The Morgan fingerprint density at radius 1 is 1.00 bits per heavy atom. The van der Waals surface area contributed by atoms with Crippen LogP contribution in [0.15, 0.2) is 48.2 Å². The number of imide groups is 1. The van der Waals surface area contributed by atoms with E-state index in [1.165, 1.54) is 4.90 Å². The van der Waals surface area contributed by atoms with Crippen LogP contribution in [-0.4, -0.2) is 23.3 Å². The molecule has 2 aromatic carbocycles. The highest BCUT2D eigenvalue weighted by Gasteiger charge is 2.39. The molecule has 128 valence electrons. The highest BCUT2D eigenvalue weighted by molar-refractivity contribution is 6.41. The Morgan fingerprint density at radius 2 is 1.68 bits per heavy atom. The van der Waals surface area contributed by atoms with Gasteiger partial charge in [-0.25, -0.2) is 0 Å². The van der Waals surface area contributed by atoms with E-state index in [9.17, 15) is 9.59 Å². The Morgan fingerprint density at radius 3 is 2.28 bits per heavy atom. The minimum atomic E-state index is -0.369. The molecule has 0 saturated carbocycles. The molecule has 0 spiro atoms. The average molecular weight is 375 g/mol. The summed E-state index contributed by atoms with van der Waals surface area (Å²) in [5.74, 6) is -0.736. The van der Waals surface area contributed by atoms with Gasteiger partial charge in [-0.2, -0.15) is 0 Å². The van der Waals surface area contributed by atoms with Crippen LogP contribution in [0.1, 0.15) is 18.1 Å². The van der Waals surface area contributed by atoms with Crippen LogP contribution >= 0.6 is 23.2 Å². The molecular weight excluding hydrogens is 359 g/mol. The first-order valence-corrected chi connectivity index (χ1v) is 8.57. The van der Waals surface area contributed by atoms with E-state index in [4.69, 9.17) is 23.2 Å².